The van der Waals surface area contributed by atoms with Gasteiger partial charge in [-0.05, 0) is 60.6 Å². The molecule has 0 nitrogen and oxygen atoms in total. The average Bonchev–Trinajstić information content (AvgIpc) is 3.26. The molecule has 1 unspecified atom stereocenters. The van der Waals surface area contributed by atoms with Crippen LogP contribution in [0.25, 0.3) is 0 Å². The minimum Gasteiger partial charge on any atom is -0.207 e. The van der Waals surface area contributed by atoms with E-state index in [9.17, 15) is 13.2 Å². The number of rotatable bonds is 3. The molecule has 24 heavy (non-hydrogen) atoms. The highest BCUT2D eigenvalue weighted by atomic mass is 19.1. The number of halogens is 3. The zero-order valence-electron chi connectivity index (χ0n) is 14.8. The molecular formula is C21H25F3. The van der Waals surface area contributed by atoms with Crippen molar-refractivity contribution in [1.29, 1.82) is 0 Å². The second-order valence-corrected chi connectivity index (χ2v) is 6.79. The number of hydrogen-bond donors (Lipinski definition) is 0. The molecule has 0 heterocycles. The summed E-state index contributed by atoms with van der Waals surface area (Å²) in [6.45, 7) is 7.60. The fourth-order valence-corrected chi connectivity index (χ4v) is 2.82. The quantitative estimate of drug-likeness (QED) is 0.587. The molecule has 1 fully saturated rings. The molecule has 0 radical (unpaired) electrons. The minimum atomic E-state index is -0.616. The summed E-state index contributed by atoms with van der Waals surface area (Å²) in [6.07, 6.45) is 3.52. The lowest BCUT2D eigenvalue weighted by Crippen LogP contribution is -2.08. The van der Waals surface area contributed by atoms with Crippen LogP contribution in [0.1, 0.15) is 61.3 Å². The first-order valence-electron chi connectivity index (χ1n) is 8.55. The van der Waals surface area contributed by atoms with Crippen molar-refractivity contribution in [3.63, 3.8) is 0 Å². The van der Waals surface area contributed by atoms with Crippen LogP contribution in [0.5, 0.6) is 0 Å². The molecule has 0 saturated heterocycles. The smallest absolute Gasteiger partial charge is 0.130 e. The van der Waals surface area contributed by atoms with E-state index in [0.717, 1.165) is 17.5 Å². The van der Waals surface area contributed by atoms with E-state index in [1.807, 2.05) is 6.92 Å². The van der Waals surface area contributed by atoms with Crippen molar-refractivity contribution in [3.05, 3.63) is 70.0 Å². The van der Waals surface area contributed by atoms with Gasteiger partial charge in [-0.15, -0.1) is 0 Å². The second-order valence-electron chi connectivity index (χ2n) is 6.79. The van der Waals surface area contributed by atoms with E-state index in [2.05, 4.69) is 6.92 Å². The first-order valence-corrected chi connectivity index (χ1v) is 8.55. The van der Waals surface area contributed by atoms with Crippen molar-refractivity contribution < 1.29 is 13.2 Å². The largest absolute Gasteiger partial charge is 0.207 e. The lowest BCUT2D eigenvalue weighted by Gasteiger charge is -2.20. The van der Waals surface area contributed by atoms with Crippen LogP contribution in [0.15, 0.2) is 30.3 Å². The van der Waals surface area contributed by atoms with Crippen molar-refractivity contribution in [2.24, 2.45) is 5.92 Å². The van der Waals surface area contributed by atoms with Crippen LogP contribution in [-0.2, 0) is 0 Å². The normalized spacial score (nSPS) is 14.8. The van der Waals surface area contributed by atoms with Gasteiger partial charge < -0.3 is 0 Å². The van der Waals surface area contributed by atoms with Crippen LogP contribution in [0, 0.1) is 37.2 Å². The van der Waals surface area contributed by atoms with Crippen LogP contribution in [0.3, 0.4) is 0 Å². The predicted octanol–water partition coefficient (Wildman–Crippen LogP) is 6.68. The summed E-state index contributed by atoms with van der Waals surface area (Å²) in [6, 6.07) is 7.07. The Kier molecular flexibility index (Phi) is 6.09. The highest BCUT2D eigenvalue weighted by molar-refractivity contribution is 5.40. The Morgan fingerprint density at radius 2 is 1.62 bits per heavy atom. The van der Waals surface area contributed by atoms with Crippen LogP contribution >= 0.6 is 0 Å². The van der Waals surface area contributed by atoms with Crippen molar-refractivity contribution in [2.45, 2.75) is 52.9 Å². The van der Waals surface area contributed by atoms with Gasteiger partial charge in [0, 0.05) is 12.0 Å². The maximum Gasteiger partial charge on any atom is 0.130 e. The standard InChI is InChI=1S/C17H17F3.C4H8/c1-4-13(14-6-5-10(2)7-15(14)19)17-11(3)8-12(18)9-16(17)20;1-4-2-3-4/h5-9,13H,4H2,1-3H3;4H,2-3H2,1H3. The van der Waals surface area contributed by atoms with Gasteiger partial charge in [-0.2, -0.15) is 0 Å². The van der Waals surface area contributed by atoms with Gasteiger partial charge in [-0.25, -0.2) is 13.2 Å². The molecular weight excluding hydrogens is 309 g/mol. The Labute approximate surface area is 142 Å². The van der Waals surface area contributed by atoms with Crippen LogP contribution in [0.2, 0.25) is 0 Å². The SMILES string of the molecule is CC1CC1.CCC(c1ccc(C)cc1F)c1c(C)cc(F)cc1F. The van der Waals surface area contributed by atoms with E-state index < -0.39 is 17.6 Å². The summed E-state index contributed by atoms with van der Waals surface area (Å²) in [5.74, 6) is -0.895. The van der Waals surface area contributed by atoms with Gasteiger partial charge in [0.1, 0.15) is 17.5 Å². The van der Waals surface area contributed by atoms with Gasteiger partial charge >= 0.3 is 0 Å². The van der Waals surface area contributed by atoms with E-state index in [4.69, 9.17) is 0 Å². The first-order chi connectivity index (χ1) is 11.3. The maximum atomic E-state index is 14.1. The monoisotopic (exact) mass is 334 g/mol. The fourth-order valence-electron chi connectivity index (χ4n) is 2.82. The van der Waals surface area contributed by atoms with E-state index in [1.165, 1.54) is 25.0 Å². The lowest BCUT2D eigenvalue weighted by atomic mass is 9.85. The lowest BCUT2D eigenvalue weighted by molar-refractivity contribution is 0.546. The van der Waals surface area contributed by atoms with Gasteiger partial charge in [0.15, 0.2) is 0 Å². The van der Waals surface area contributed by atoms with Crippen LogP contribution < -0.4 is 0 Å². The molecule has 2 aromatic rings. The van der Waals surface area contributed by atoms with E-state index in [-0.39, 0.29) is 5.82 Å². The molecule has 0 aliphatic heterocycles. The maximum absolute atomic E-state index is 14.1. The Hall–Kier alpha value is -1.77. The van der Waals surface area contributed by atoms with Crippen molar-refractivity contribution in [1.82, 2.24) is 0 Å². The Bertz CT molecular complexity index is 679. The molecule has 0 bridgehead atoms. The van der Waals surface area contributed by atoms with Gasteiger partial charge in [-0.1, -0.05) is 38.8 Å². The second kappa shape index (κ2) is 7.87. The Morgan fingerprint density at radius 3 is 2.08 bits per heavy atom. The van der Waals surface area contributed by atoms with Gasteiger partial charge in [-0.3, -0.25) is 0 Å². The van der Waals surface area contributed by atoms with E-state index in [1.54, 1.807) is 26.0 Å². The Balaban J connectivity index is 0.000000454. The summed E-state index contributed by atoms with van der Waals surface area (Å²) in [7, 11) is 0. The van der Waals surface area contributed by atoms with E-state index in [0.29, 0.717) is 23.1 Å². The summed E-state index contributed by atoms with van der Waals surface area (Å²) in [5, 5.41) is 0. The number of aryl methyl sites for hydroxylation is 2. The molecule has 0 aromatic heterocycles. The van der Waals surface area contributed by atoms with Crippen molar-refractivity contribution >= 4 is 0 Å². The molecule has 2 aromatic carbocycles. The molecule has 1 aliphatic carbocycles. The summed E-state index contributed by atoms with van der Waals surface area (Å²) >= 11 is 0. The predicted molar refractivity (Wildman–Crippen MR) is 92.8 cm³/mol. The summed E-state index contributed by atoms with van der Waals surface area (Å²) in [5.41, 5.74) is 2.15. The molecule has 3 heteroatoms. The van der Waals surface area contributed by atoms with Crippen LogP contribution in [-0.4, -0.2) is 0 Å². The minimum absolute atomic E-state index is 0.347. The molecule has 1 saturated carbocycles. The van der Waals surface area contributed by atoms with Crippen molar-refractivity contribution in [2.75, 3.05) is 0 Å². The van der Waals surface area contributed by atoms with Gasteiger partial charge in [0.2, 0.25) is 0 Å². The van der Waals surface area contributed by atoms with E-state index >= 15 is 0 Å². The molecule has 0 amide bonds. The molecule has 0 N–H and O–H groups in total. The average molecular weight is 334 g/mol. The third-order valence-corrected chi connectivity index (χ3v) is 4.46. The topological polar surface area (TPSA) is 0 Å². The zero-order valence-corrected chi connectivity index (χ0v) is 14.8. The molecule has 0 spiro atoms. The third kappa shape index (κ3) is 4.62. The zero-order chi connectivity index (χ0) is 17.9. The number of benzene rings is 2. The highest BCUT2D eigenvalue weighted by Crippen LogP contribution is 2.34. The number of hydrogen-bond acceptors (Lipinski definition) is 0. The Morgan fingerprint density at radius 1 is 1.00 bits per heavy atom. The highest BCUT2D eigenvalue weighted by Gasteiger charge is 2.22. The van der Waals surface area contributed by atoms with Gasteiger partial charge in [0.25, 0.3) is 0 Å². The first kappa shape index (κ1) is 18.6. The summed E-state index contributed by atoms with van der Waals surface area (Å²) < 4.78 is 41.4. The summed E-state index contributed by atoms with van der Waals surface area (Å²) in [4.78, 5) is 0. The van der Waals surface area contributed by atoms with Crippen LogP contribution in [0.4, 0.5) is 13.2 Å². The fraction of sp³-hybridized carbons (Fsp3) is 0.429. The molecule has 3 rings (SSSR count). The van der Waals surface area contributed by atoms with Gasteiger partial charge in [0.05, 0.1) is 0 Å². The molecule has 1 aliphatic rings. The molecule has 1 atom stereocenters. The van der Waals surface area contributed by atoms with Crippen molar-refractivity contribution in [3.8, 4) is 0 Å². The molecule has 130 valence electrons. The third-order valence-electron chi connectivity index (χ3n) is 4.46.